The fourth-order valence-electron chi connectivity index (χ4n) is 2.71. The molecule has 1 aromatic rings. The molecule has 5 nitrogen and oxygen atoms in total. The molecule has 5 heteroatoms. The number of aliphatic hydroxyl groups excluding tert-OH is 1. The van der Waals surface area contributed by atoms with Gasteiger partial charge in [-0.25, -0.2) is 0 Å². The SMILES string of the molecule is CC(CCCO)NC(=O)CCCc1ccc2c(c1)CC(=O)N2. The van der Waals surface area contributed by atoms with Crippen LogP contribution in [0.2, 0.25) is 0 Å². The van der Waals surface area contributed by atoms with Gasteiger partial charge in [0.25, 0.3) is 0 Å². The number of fused-ring (bicyclic) bond motifs is 1. The summed E-state index contributed by atoms with van der Waals surface area (Å²) in [5, 5.41) is 14.5. The summed E-state index contributed by atoms with van der Waals surface area (Å²) in [6.07, 6.45) is 4.08. The van der Waals surface area contributed by atoms with Crippen LogP contribution in [-0.2, 0) is 22.4 Å². The van der Waals surface area contributed by atoms with E-state index in [1.54, 1.807) is 0 Å². The fourth-order valence-corrected chi connectivity index (χ4v) is 2.71. The number of amides is 2. The Morgan fingerprint density at radius 2 is 2.23 bits per heavy atom. The van der Waals surface area contributed by atoms with Crippen molar-refractivity contribution in [3.63, 3.8) is 0 Å². The van der Waals surface area contributed by atoms with Crippen molar-refractivity contribution in [2.75, 3.05) is 11.9 Å². The Labute approximate surface area is 131 Å². The van der Waals surface area contributed by atoms with Crippen LogP contribution >= 0.6 is 0 Å². The van der Waals surface area contributed by atoms with Crippen LogP contribution in [0.15, 0.2) is 18.2 Å². The van der Waals surface area contributed by atoms with Gasteiger partial charge in [0.1, 0.15) is 0 Å². The summed E-state index contributed by atoms with van der Waals surface area (Å²) in [4.78, 5) is 23.1. The predicted octanol–water partition coefficient (Wildman–Crippen LogP) is 1.78. The van der Waals surface area contributed by atoms with Gasteiger partial charge in [-0.1, -0.05) is 12.1 Å². The zero-order valence-electron chi connectivity index (χ0n) is 13.0. The third-order valence-corrected chi connectivity index (χ3v) is 3.87. The van der Waals surface area contributed by atoms with E-state index in [1.807, 2.05) is 19.1 Å². The first-order valence-corrected chi connectivity index (χ1v) is 7.90. The molecule has 3 N–H and O–H groups in total. The number of hydrogen-bond donors (Lipinski definition) is 3. The van der Waals surface area contributed by atoms with E-state index in [1.165, 1.54) is 0 Å². The number of hydrogen-bond acceptors (Lipinski definition) is 3. The molecule has 0 spiro atoms. The Kier molecular flexibility index (Phi) is 5.95. The molecular weight excluding hydrogens is 280 g/mol. The summed E-state index contributed by atoms with van der Waals surface area (Å²) in [6, 6.07) is 6.10. The molecule has 0 aromatic heterocycles. The van der Waals surface area contributed by atoms with Crippen molar-refractivity contribution in [1.29, 1.82) is 0 Å². The first kappa shape index (κ1) is 16.5. The Bertz CT molecular complexity index is 543. The molecular formula is C17H24N2O3. The molecule has 1 unspecified atom stereocenters. The van der Waals surface area contributed by atoms with Gasteiger partial charge in [0.2, 0.25) is 11.8 Å². The molecule has 1 aliphatic heterocycles. The van der Waals surface area contributed by atoms with Crippen LogP contribution in [0.5, 0.6) is 0 Å². The lowest BCUT2D eigenvalue weighted by Gasteiger charge is -2.13. The molecule has 2 rings (SSSR count). The van der Waals surface area contributed by atoms with Crippen LogP contribution in [-0.4, -0.2) is 29.6 Å². The molecule has 22 heavy (non-hydrogen) atoms. The van der Waals surface area contributed by atoms with Crippen molar-refractivity contribution in [2.24, 2.45) is 0 Å². The van der Waals surface area contributed by atoms with Gasteiger partial charge in [0.15, 0.2) is 0 Å². The molecule has 120 valence electrons. The van der Waals surface area contributed by atoms with Gasteiger partial charge >= 0.3 is 0 Å². The summed E-state index contributed by atoms with van der Waals surface area (Å²) in [5.41, 5.74) is 3.12. The van der Waals surface area contributed by atoms with Gasteiger partial charge in [-0.05, 0) is 49.8 Å². The predicted molar refractivity (Wildman–Crippen MR) is 85.6 cm³/mol. The van der Waals surface area contributed by atoms with E-state index in [0.717, 1.165) is 36.1 Å². The van der Waals surface area contributed by atoms with Crippen molar-refractivity contribution in [3.05, 3.63) is 29.3 Å². The molecule has 1 atom stereocenters. The summed E-state index contributed by atoms with van der Waals surface area (Å²) in [7, 11) is 0. The quantitative estimate of drug-likeness (QED) is 0.685. The lowest BCUT2D eigenvalue weighted by Crippen LogP contribution is -2.32. The average Bonchev–Trinajstić information content (AvgIpc) is 2.84. The number of benzene rings is 1. The zero-order chi connectivity index (χ0) is 15.9. The summed E-state index contributed by atoms with van der Waals surface area (Å²) < 4.78 is 0. The van der Waals surface area contributed by atoms with E-state index in [2.05, 4.69) is 16.7 Å². The minimum atomic E-state index is 0.0448. The third kappa shape index (κ3) is 4.84. The summed E-state index contributed by atoms with van der Waals surface area (Å²) >= 11 is 0. The smallest absolute Gasteiger partial charge is 0.228 e. The third-order valence-electron chi connectivity index (χ3n) is 3.87. The van der Waals surface area contributed by atoms with Gasteiger partial charge in [0.05, 0.1) is 6.42 Å². The number of aryl methyl sites for hydroxylation is 1. The minimum Gasteiger partial charge on any atom is -0.396 e. The standard InChI is InChI=1S/C17H24N2O3/c1-12(4-3-9-20)18-16(21)6-2-5-13-7-8-15-14(10-13)11-17(22)19-15/h7-8,10,12,20H,2-6,9,11H2,1H3,(H,18,21)(H,19,22). The first-order valence-electron chi connectivity index (χ1n) is 7.90. The second kappa shape index (κ2) is 7.94. The normalized spacial score (nSPS) is 14.4. The van der Waals surface area contributed by atoms with Gasteiger partial charge in [-0.3, -0.25) is 9.59 Å². The monoisotopic (exact) mass is 304 g/mol. The number of nitrogens with one attached hydrogen (secondary N) is 2. The molecule has 0 radical (unpaired) electrons. The lowest BCUT2D eigenvalue weighted by atomic mass is 10.0. The number of carbonyl (C=O) groups excluding carboxylic acids is 2. The van der Waals surface area contributed by atoms with Gasteiger partial charge in [-0.2, -0.15) is 0 Å². The highest BCUT2D eigenvalue weighted by molar-refractivity contribution is 5.99. The van der Waals surface area contributed by atoms with Crippen LogP contribution in [0.25, 0.3) is 0 Å². The topological polar surface area (TPSA) is 78.4 Å². The average molecular weight is 304 g/mol. The Balaban J connectivity index is 1.71. The molecule has 1 aliphatic rings. The molecule has 0 bridgehead atoms. The molecule has 2 amide bonds. The van der Waals surface area contributed by atoms with Crippen LogP contribution in [0.1, 0.15) is 43.7 Å². The van der Waals surface area contributed by atoms with Crippen LogP contribution < -0.4 is 10.6 Å². The zero-order valence-corrected chi connectivity index (χ0v) is 13.0. The molecule has 0 fully saturated rings. The summed E-state index contributed by atoms with van der Waals surface area (Å²) in [5.74, 6) is 0.104. The van der Waals surface area contributed by atoms with Crippen LogP contribution in [0.3, 0.4) is 0 Å². The van der Waals surface area contributed by atoms with Crippen LogP contribution in [0, 0.1) is 0 Å². The number of aliphatic hydroxyl groups is 1. The second-order valence-electron chi connectivity index (χ2n) is 5.90. The van der Waals surface area contributed by atoms with Crippen molar-refractivity contribution >= 4 is 17.5 Å². The van der Waals surface area contributed by atoms with E-state index in [0.29, 0.717) is 19.3 Å². The minimum absolute atomic E-state index is 0.0448. The van der Waals surface area contributed by atoms with Crippen molar-refractivity contribution < 1.29 is 14.7 Å². The number of anilines is 1. The Hall–Kier alpha value is -1.88. The fraction of sp³-hybridized carbons (Fsp3) is 0.529. The summed E-state index contributed by atoms with van der Waals surface area (Å²) in [6.45, 7) is 2.12. The highest BCUT2D eigenvalue weighted by atomic mass is 16.3. The van der Waals surface area contributed by atoms with Gasteiger partial charge < -0.3 is 15.7 Å². The van der Waals surface area contributed by atoms with E-state index in [9.17, 15) is 9.59 Å². The van der Waals surface area contributed by atoms with Gasteiger partial charge in [-0.15, -0.1) is 0 Å². The molecule has 0 saturated carbocycles. The maximum Gasteiger partial charge on any atom is 0.228 e. The van der Waals surface area contributed by atoms with E-state index < -0.39 is 0 Å². The van der Waals surface area contributed by atoms with E-state index in [-0.39, 0.29) is 24.5 Å². The van der Waals surface area contributed by atoms with Crippen molar-refractivity contribution in [2.45, 2.75) is 51.5 Å². The molecule has 0 saturated heterocycles. The van der Waals surface area contributed by atoms with Crippen molar-refractivity contribution in [3.8, 4) is 0 Å². The molecule has 1 aromatic carbocycles. The first-order chi connectivity index (χ1) is 10.6. The van der Waals surface area contributed by atoms with E-state index in [4.69, 9.17) is 5.11 Å². The maximum absolute atomic E-state index is 11.8. The highest BCUT2D eigenvalue weighted by Gasteiger charge is 2.17. The van der Waals surface area contributed by atoms with Gasteiger partial charge in [0, 0.05) is 24.8 Å². The lowest BCUT2D eigenvalue weighted by molar-refractivity contribution is -0.121. The number of rotatable bonds is 8. The Morgan fingerprint density at radius 1 is 1.41 bits per heavy atom. The highest BCUT2D eigenvalue weighted by Crippen LogP contribution is 2.24. The molecule has 1 heterocycles. The second-order valence-corrected chi connectivity index (χ2v) is 5.90. The van der Waals surface area contributed by atoms with Crippen LogP contribution in [0.4, 0.5) is 5.69 Å². The maximum atomic E-state index is 11.8. The Morgan fingerprint density at radius 3 is 3.00 bits per heavy atom. The molecule has 0 aliphatic carbocycles. The largest absolute Gasteiger partial charge is 0.396 e. The van der Waals surface area contributed by atoms with Crippen molar-refractivity contribution in [1.82, 2.24) is 5.32 Å². The number of carbonyl (C=O) groups is 2. The van der Waals surface area contributed by atoms with E-state index >= 15 is 0 Å².